The van der Waals surface area contributed by atoms with Gasteiger partial charge in [0.2, 0.25) is 0 Å². The minimum Gasteiger partial charge on any atom is -0.465 e. The molecule has 0 unspecified atom stereocenters. The van der Waals surface area contributed by atoms with Crippen LogP contribution in [0.1, 0.15) is 18.2 Å². The molecule has 0 bridgehead atoms. The first-order valence-corrected chi connectivity index (χ1v) is 8.03. The van der Waals surface area contributed by atoms with Crippen LogP contribution in [0.3, 0.4) is 0 Å². The second kappa shape index (κ2) is 6.74. The van der Waals surface area contributed by atoms with Crippen molar-refractivity contribution in [1.82, 2.24) is 14.8 Å². The van der Waals surface area contributed by atoms with E-state index in [9.17, 15) is 4.79 Å². The molecule has 1 aromatic carbocycles. The van der Waals surface area contributed by atoms with E-state index in [2.05, 4.69) is 35.2 Å². The van der Waals surface area contributed by atoms with Gasteiger partial charge >= 0.3 is 5.97 Å². The molecule has 2 heterocycles. The molecule has 0 saturated heterocycles. The Morgan fingerprint density at radius 3 is 2.71 bits per heavy atom. The number of carbonyl (C=O) groups is 1. The molecule has 0 aliphatic carbocycles. The zero-order chi connectivity index (χ0) is 17.1. The zero-order valence-corrected chi connectivity index (χ0v) is 14.2. The van der Waals surface area contributed by atoms with Crippen molar-refractivity contribution in [2.24, 2.45) is 0 Å². The number of benzene rings is 1. The molecule has 0 atom stereocenters. The number of hydrogen-bond acceptors (Lipinski definition) is 3. The third-order valence-corrected chi connectivity index (χ3v) is 3.78. The van der Waals surface area contributed by atoms with Crippen LogP contribution in [0.5, 0.6) is 0 Å². The number of hydrogen-bond donors (Lipinski definition) is 1. The van der Waals surface area contributed by atoms with Gasteiger partial charge < -0.3 is 9.72 Å². The van der Waals surface area contributed by atoms with Crippen molar-refractivity contribution in [3.63, 3.8) is 0 Å². The van der Waals surface area contributed by atoms with Crippen molar-refractivity contribution in [3.8, 4) is 22.6 Å². The summed E-state index contributed by atoms with van der Waals surface area (Å²) in [6.45, 7) is 6.26. The van der Waals surface area contributed by atoms with Gasteiger partial charge in [0.05, 0.1) is 23.7 Å². The smallest absolute Gasteiger partial charge is 0.327 e. The van der Waals surface area contributed by atoms with Gasteiger partial charge in [0, 0.05) is 5.69 Å². The van der Waals surface area contributed by atoms with Crippen LogP contribution in [-0.4, -0.2) is 27.3 Å². The number of aryl methyl sites for hydroxylation is 2. The molecule has 5 nitrogen and oxygen atoms in total. The van der Waals surface area contributed by atoms with Crippen LogP contribution in [0.2, 0.25) is 0 Å². The molecule has 0 saturated carbocycles. The molecule has 1 N–H and O–H groups in total. The Labute approximate surface area is 141 Å². The van der Waals surface area contributed by atoms with Crippen molar-refractivity contribution >= 4 is 5.97 Å². The lowest BCUT2D eigenvalue weighted by atomic mass is 10.1. The molecule has 3 rings (SSSR count). The van der Waals surface area contributed by atoms with Gasteiger partial charge in [0.15, 0.2) is 0 Å². The molecule has 5 heteroatoms. The summed E-state index contributed by atoms with van der Waals surface area (Å²) >= 11 is 0. The number of rotatable bonds is 5. The molecule has 0 amide bonds. The average molecular weight is 323 g/mol. The van der Waals surface area contributed by atoms with Crippen LogP contribution in [0.4, 0.5) is 0 Å². The highest BCUT2D eigenvalue weighted by molar-refractivity contribution is 5.71. The lowest BCUT2D eigenvalue weighted by Crippen LogP contribution is -2.15. The molecular weight excluding hydrogens is 302 g/mol. The van der Waals surface area contributed by atoms with Crippen LogP contribution < -0.4 is 0 Å². The molecular formula is C19H21N3O2. The highest BCUT2D eigenvalue weighted by Crippen LogP contribution is 2.25. The fourth-order valence-corrected chi connectivity index (χ4v) is 2.74. The number of nitrogens with zero attached hydrogens (tertiary/aromatic N) is 2. The Hall–Kier alpha value is -2.82. The standard InChI is InChI=1S/C19H21N3O2/c1-4-24-19(23)12-22-18(11-14(3)21-22)17-9-8-16(20-17)15-7-5-6-13(2)10-15/h5-11,20H,4,12H2,1-3H3. The molecule has 0 spiro atoms. The fraction of sp³-hybridized carbons (Fsp3) is 0.263. The van der Waals surface area contributed by atoms with Crippen molar-refractivity contribution < 1.29 is 9.53 Å². The van der Waals surface area contributed by atoms with Gasteiger partial charge in [-0.15, -0.1) is 0 Å². The summed E-state index contributed by atoms with van der Waals surface area (Å²) in [7, 11) is 0. The number of esters is 1. The average Bonchev–Trinajstić information content (AvgIpc) is 3.14. The van der Waals surface area contributed by atoms with E-state index in [-0.39, 0.29) is 12.5 Å². The predicted molar refractivity (Wildman–Crippen MR) is 93.6 cm³/mol. The van der Waals surface area contributed by atoms with E-state index in [0.717, 1.165) is 28.3 Å². The third kappa shape index (κ3) is 3.40. The zero-order valence-electron chi connectivity index (χ0n) is 14.2. The quantitative estimate of drug-likeness (QED) is 0.728. The van der Waals surface area contributed by atoms with Gasteiger partial charge in [-0.2, -0.15) is 5.10 Å². The summed E-state index contributed by atoms with van der Waals surface area (Å²) in [6.07, 6.45) is 0. The van der Waals surface area contributed by atoms with Crippen LogP contribution in [-0.2, 0) is 16.1 Å². The number of carbonyl (C=O) groups excluding carboxylic acids is 1. The van der Waals surface area contributed by atoms with Crippen LogP contribution in [0, 0.1) is 13.8 Å². The number of ether oxygens (including phenoxy) is 1. The van der Waals surface area contributed by atoms with Crippen molar-refractivity contribution in [2.45, 2.75) is 27.3 Å². The van der Waals surface area contributed by atoms with Crippen LogP contribution in [0.25, 0.3) is 22.6 Å². The maximum absolute atomic E-state index is 11.8. The summed E-state index contributed by atoms with van der Waals surface area (Å²) in [5.74, 6) is -0.285. The maximum atomic E-state index is 11.8. The molecule has 124 valence electrons. The summed E-state index contributed by atoms with van der Waals surface area (Å²) < 4.78 is 6.70. The second-order valence-corrected chi connectivity index (χ2v) is 5.79. The number of nitrogens with one attached hydrogen (secondary N) is 1. The van der Waals surface area contributed by atoms with Gasteiger partial charge in [0.25, 0.3) is 0 Å². The number of aromatic nitrogens is 3. The maximum Gasteiger partial charge on any atom is 0.327 e. The van der Waals surface area contributed by atoms with E-state index in [0.29, 0.717) is 6.61 Å². The summed E-state index contributed by atoms with van der Waals surface area (Å²) in [5.41, 5.74) is 6.05. The van der Waals surface area contributed by atoms with E-state index >= 15 is 0 Å². The Morgan fingerprint density at radius 2 is 1.96 bits per heavy atom. The van der Waals surface area contributed by atoms with Gasteiger partial charge in [-0.25, -0.2) is 0 Å². The topological polar surface area (TPSA) is 59.9 Å². The molecule has 0 aliphatic heterocycles. The van der Waals surface area contributed by atoms with Crippen molar-refractivity contribution in [1.29, 1.82) is 0 Å². The summed E-state index contributed by atoms with van der Waals surface area (Å²) in [6, 6.07) is 14.3. The highest BCUT2D eigenvalue weighted by atomic mass is 16.5. The fourth-order valence-electron chi connectivity index (χ4n) is 2.74. The molecule has 3 aromatic rings. The second-order valence-electron chi connectivity index (χ2n) is 5.79. The van der Waals surface area contributed by atoms with E-state index < -0.39 is 0 Å². The first kappa shape index (κ1) is 16.1. The van der Waals surface area contributed by atoms with Crippen molar-refractivity contribution in [2.75, 3.05) is 6.61 Å². The molecule has 24 heavy (non-hydrogen) atoms. The van der Waals surface area contributed by atoms with Gasteiger partial charge in [-0.1, -0.05) is 23.8 Å². The molecule has 0 fully saturated rings. The van der Waals surface area contributed by atoms with Crippen LogP contribution >= 0.6 is 0 Å². The summed E-state index contributed by atoms with van der Waals surface area (Å²) in [5, 5.41) is 4.40. The van der Waals surface area contributed by atoms with Gasteiger partial charge in [0.1, 0.15) is 6.54 Å². The third-order valence-electron chi connectivity index (χ3n) is 3.78. The van der Waals surface area contributed by atoms with E-state index in [1.165, 1.54) is 5.56 Å². The van der Waals surface area contributed by atoms with E-state index in [1.54, 1.807) is 11.6 Å². The SMILES string of the molecule is CCOC(=O)Cn1nc(C)cc1-c1ccc(-c2cccc(C)c2)[nH]1. The van der Waals surface area contributed by atoms with Gasteiger partial charge in [-0.05, 0) is 50.6 Å². The lowest BCUT2D eigenvalue weighted by molar-refractivity contribution is -0.144. The highest BCUT2D eigenvalue weighted by Gasteiger charge is 2.14. The van der Waals surface area contributed by atoms with E-state index in [1.807, 2.05) is 31.2 Å². The molecule has 0 aliphatic rings. The molecule has 0 radical (unpaired) electrons. The first-order chi connectivity index (χ1) is 11.6. The van der Waals surface area contributed by atoms with Crippen molar-refractivity contribution in [3.05, 3.63) is 53.7 Å². The monoisotopic (exact) mass is 323 g/mol. The Kier molecular flexibility index (Phi) is 4.51. The Balaban J connectivity index is 1.91. The number of H-pyrrole nitrogens is 1. The predicted octanol–water partition coefficient (Wildman–Crippen LogP) is 3.73. The minimum atomic E-state index is -0.285. The summed E-state index contributed by atoms with van der Waals surface area (Å²) in [4.78, 5) is 15.2. The Morgan fingerprint density at radius 1 is 1.17 bits per heavy atom. The molecule has 2 aromatic heterocycles. The lowest BCUT2D eigenvalue weighted by Gasteiger charge is -2.06. The van der Waals surface area contributed by atoms with Crippen LogP contribution in [0.15, 0.2) is 42.5 Å². The van der Waals surface area contributed by atoms with Gasteiger partial charge in [-0.3, -0.25) is 9.48 Å². The largest absolute Gasteiger partial charge is 0.465 e. The normalized spacial score (nSPS) is 10.8. The number of aromatic amines is 1. The minimum absolute atomic E-state index is 0.107. The van der Waals surface area contributed by atoms with E-state index in [4.69, 9.17) is 4.74 Å². The first-order valence-electron chi connectivity index (χ1n) is 8.03. The Bertz CT molecular complexity index is 861.